The van der Waals surface area contributed by atoms with Gasteiger partial charge in [-0.3, -0.25) is 19.4 Å². The molecule has 2 fully saturated rings. The lowest BCUT2D eigenvalue weighted by Gasteiger charge is -2.38. The molecular weight excluding hydrogens is 665 g/mol. The van der Waals surface area contributed by atoms with Gasteiger partial charge < -0.3 is 29.3 Å². The molecule has 7 rings (SSSR count). The number of carbonyl (C=O) groups excluding carboxylic acids is 2. The predicted octanol–water partition coefficient (Wildman–Crippen LogP) is 5.34. The Morgan fingerprint density at radius 1 is 0.784 bits per heavy atom. The van der Waals surface area contributed by atoms with Crippen LogP contribution in [0.1, 0.15) is 21.5 Å². The van der Waals surface area contributed by atoms with Gasteiger partial charge in [0, 0.05) is 76.2 Å². The van der Waals surface area contributed by atoms with Crippen molar-refractivity contribution < 1.29 is 37.0 Å². The van der Waals surface area contributed by atoms with Gasteiger partial charge in [-0.1, -0.05) is 6.07 Å². The molecule has 1 N–H and O–H groups in total. The zero-order valence-corrected chi connectivity index (χ0v) is 27.8. The Hall–Kier alpha value is -5.34. The van der Waals surface area contributed by atoms with E-state index in [2.05, 4.69) is 31.1 Å². The largest absolute Gasteiger partial charge is 0.454 e. The predicted molar refractivity (Wildman–Crippen MR) is 183 cm³/mol. The quantitative estimate of drug-likeness (QED) is 0.248. The molecule has 51 heavy (non-hydrogen) atoms. The van der Waals surface area contributed by atoms with Gasteiger partial charge in [0.25, 0.3) is 5.91 Å². The number of anilines is 2. The third-order valence-electron chi connectivity index (χ3n) is 9.19. The Kier molecular flexibility index (Phi) is 9.95. The number of amides is 2. The van der Waals surface area contributed by atoms with Gasteiger partial charge in [-0.15, -0.1) is 0 Å². The van der Waals surface area contributed by atoms with E-state index in [4.69, 9.17) is 14.2 Å². The van der Waals surface area contributed by atoms with E-state index in [1.54, 1.807) is 12.1 Å². The molecule has 4 heterocycles. The molecule has 266 valence electrons. The minimum absolute atomic E-state index is 0.0956. The second kappa shape index (κ2) is 14.9. The smallest absolute Gasteiger partial charge is 0.416 e. The van der Waals surface area contributed by atoms with Crippen LogP contribution < -0.4 is 24.4 Å². The summed E-state index contributed by atoms with van der Waals surface area (Å²) in [6.07, 6.45) is -3.05. The first kappa shape index (κ1) is 34.1. The molecule has 0 aliphatic carbocycles. The first-order valence-electron chi connectivity index (χ1n) is 16.7. The minimum Gasteiger partial charge on any atom is -0.454 e. The second-order valence-electron chi connectivity index (χ2n) is 12.6. The molecule has 3 aromatic carbocycles. The highest BCUT2D eigenvalue weighted by Gasteiger charge is 2.30. The Balaban J connectivity index is 0.819. The number of pyridine rings is 1. The van der Waals surface area contributed by atoms with Crippen molar-refractivity contribution in [1.82, 2.24) is 19.7 Å². The summed E-state index contributed by atoms with van der Waals surface area (Å²) in [7, 11) is 0. The van der Waals surface area contributed by atoms with Crippen LogP contribution in [0, 0.1) is 0 Å². The Labute approximate surface area is 293 Å². The van der Waals surface area contributed by atoms with Crippen molar-refractivity contribution >= 4 is 23.2 Å². The van der Waals surface area contributed by atoms with Gasteiger partial charge in [0.15, 0.2) is 11.5 Å². The molecule has 2 saturated heterocycles. The summed E-state index contributed by atoms with van der Waals surface area (Å²) in [5.74, 6) is 2.12. The maximum atomic E-state index is 13.1. The van der Waals surface area contributed by atoms with Crippen molar-refractivity contribution in [2.24, 2.45) is 0 Å². The molecule has 0 bridgehead atoms. The van der Waals surface area contributed by atoms with Crippen LogP contribution in [-0.4, -0.2) is 97.2 Å². The molecular formula is C37H37F3N6O5. The molecule has 3 aliphatic rings. The molecule has 3 aliphatic heterocycles. The fraction of sp³-hybridized carbons (Fsp3) is 0.324. The number of hydrogen-bond donors (Lipinski definition) is 1. The van der Waals surface area contributed by atoms with E-state index in [-0.39, 0.29) is 18.3 Å². The third kappa shape index (κ3) is 8.52. The van der Waals surface area contributed by atoms with Crippen LogP contribution in [-0.2, 0) is 17.5 Å². The van der Waals surface area contributed by atoms with E-state index in [1.165, 1.54) is 11.8 Å². The number of rotatable bonds is 9. The van der Waals surface area contributed by atoms with Crippen molar-refractivity contribution in [3.05, 3.63) is 102 Å². The third-order valence-corrected chi connectivity index (χ3v) is 9.19. The number of hydrogen-bond acceptors (Lipinski definition) is 9. The van der Waals surface area contributed by atoms with Crippen LogP contribution in [0.25, 0.3) is 0 Å². The highest BCUT2D eigenvalue weighted by molar-refractivity contribution is 6.04. The Bertz CT molecular complexity index is 1820. The summed E-state index contributed by atoms with van der Waals surface area (Å²) < 4.78 is 55.1. The van der Waals surface area contributed by atoms with E-state index < -0.39 is 17.6 Å². The first-order valence-corrected chi connectivity index (χ1v) is 16.7. The van der Waals surface area contributed by atoms with E-state index in [0.717, 1.165) is 100 Å². The number of nitrogens with one attached hydrogen (secondary N) is 1. The van der Waals surface area contributed by atoms with Crippen LogP contribution in [0.5, 0.6) is 23.1 Å². The molecule has 4 aromatic rings. The molecule has 0 saturated carbocycles. The maximum absolute atomic E-state index is 13.1. The van der Waals surface area contributed by atoms with Crippen LogP contribution >= 0.6 is 0 Å². The zero-order chi connectivity index (χ0) is 35.4. The molecule has 0 atom stereocenters. The standard InChI is InChI=1S/C37H37F3N6O5/c38-37(39,40)28-4-2-27(3-5-28)36(48)42-29-6-12-34(41-22-29)51-31-9-7-30(8-10-31)45-17-13-44(14-18-45)24-35(47)46-19-15-43(16-20-46)23-26-1-11-32-33(21-26)50-25-49-32/h1-12,21-22H,13-20,23-25H2,(H,42,48). The minimum atomic E-state index is -4.47. The number of ether oxygens (including phenoxy) is 3. The van der Waals surface area contributed by atoms with Gasteiger partial charge in [0.05, 0.1) is 24.0 Å². The highest BCUT2D eigenvalue weighted by atomic mass is 19.4. The summed E-state index contributed by atoms with van der Waals surface area (Å²) in [5.41, 5.74) is 1.88. The zero-order valence-electron chi connectivity index (χ0n) is 27.8. The van der Waals surface area contributed by atoms with Crippen LogP contribution in [0.3, 0.4) is 0 Å². The SMILES string of the molecule is O=C(Nc1ccc(Oc2ccc(N3CCN(CC(=O)N4CCN(Cc5ccc6c(c5)OCO6)CC4)CC3)cc2)nc1)c1ccc(C(F)(F)F)cc1. The number of nitrogens with zero attached hydrogens (tertiary/aromatic N) is 5. The summed E-state index contributed by atoms with van der Waals surface area (Å²) >= 11 is 0. The average molecular weight is 703 g/mol. The second-order valence-corrected chi connectivity index (χ2v) is 12.6. The lowest BCUT2D eigenvalue weighted by atomic mass is 10.1. The van der Waals surface area contributed by atoms with Crippen molar-refractivity contribution in [2.45, 2.75) is 12.7 Å². The van der Waals surface area contributed by atoms with Gasteiger partial charge in [-0.05, 0) is 72.3 Å². The van der Waals surface area contributed by atoms with Gasteiger partial charge in [0.1, 0.15) is 5.75 Å². The maximum Gasteiger partial charge on any atom is 0.416 e. The summed E-state index contributed by atoms with van der Waals surface area (Å²) in [6.45, 7) is 7.81. The van der Waals surface area contributed by atoms with Gasteiger partial charge in [0.2, 0.25) is 18.6 Å². The number of halogens is 3. The number of carbonyl (C=O) groups is 2. The first-order chi connectivity index (χ1) is 24.7. The summed E-state index contributed by atoms with van der Waals surface area (Å²) in [5, 5.41) is 2.62. The molecule has 11 nitrogen and oxygen atoms in total. The average Bonchev–Trinajstić information content (AvgIpc) is 3.61. The number of piperazine rings is 2. The van der Waals surface area contributed by atoms with Gasteiger partial charge in [-0.25, -0.2) is 4.98 Å². The fourth-order valence-corrected chi connectivity index (χ4v) is 6.28. The molecule has 0 unspecified atom stereocenters. The van der Waals surface area contributed by atoms with E-state index >= 15 is 0 Å². The van der Waals surface area contributed by atoms with Crippen molar-refractivity contribution in [3.8, 4) is 23.1 Å². The van der Waals surface area contributed by atoms with Gasteiger partial charge in [-0.2, -0.15) is 13.2 Å². The van der Waals surface area contributed by atoms with Crippen LogP contribution in [0.2, 0.25) is 0 Å². The highest BCUT2D eigenvalue weighted by Crippen LogP contribution is 2.33. The molecule has 2 amide bonds. The Morgan fingerprint density at radius 3 is 2.18 bits per heavy atom. The molecule has 1 aromatic heterocycles. The van der Waals surface area contributed by atoms with E-state index in [1.807, 2.05) is 41.3 Å². The topological polar surface area (TPSA) is 99.7 Å². The number of alkyl halides is 3. The van der Waals surface area contributed by atoms with Crippen molar-refractivity contribution in [3.63, 3.8) is 0 Å². The summed E-state index contributed by atoms with van der Waals surface area (Å²) in [6, 6.07) is 20.9. The van der Waals surface area contributed by atoms with E-state index in [9.17, 15) is 22.8 Å². The fourth-order valence-electron chi connectivity index (χ4n) is 6.28. The lowest BCUT2D eigenvalue weighted by molar-refractivity contribution is -0.137. The number of fused-ring (bicyclic) bond motifs is 1. The number of aromatic nitrogens is 1. The summed E-state index contributed by atoms with van der Waals surface area (Å²) in [4.78, 5) is 38.6. The van der Waals surface area contributed by atoms with Crippen molar-refractivity contribution in [2.75, 3.05) is 75.9 Å². The van der Waals surface area contributed by atoms with Gasteiger partial charge >= 0.3 is 6.18 Å². The normalized spacial score (nSPS) is 16.6. The van der Waals surface area contributed by atoms with Crippen molar-refractivity contribution in [1.29, 1.82) is 0 Å². The van der Waals surface area contributed by atoms with E-state index in [0.29, 0.717) is 23.9 Å². The molecule has 0 radical (unpaired) electrons. The lowest BCUT2D eigenvalue weighted by Crippen LogP contribution is -2.53. The monoisotopic (exact) mass is 702 g/mol. The van der Waals surface area contributed by atoms with Crippen LogP contribution in [0.4, 0.5) is 24.5 Å². The number of benzene rings is 3. The molecule has 0 spiro atoms. The Morgan fingerprint density at radius 2 is 1.49 bits per heavy atom. The van der Waals surface area contributed by atoms with Crippen LogP contribution in [0.15, 0.2) is 85.1 Å². The molecule has 14 heteroatoms.